The zero-order valence-electron chi connectivity index (χ0n) is 25.6. The van der Waals surface area contributed by atoms with Gasteiger partial charge in [-0.2, -0.15) is 0 Å². The van der Waals surface area contributed by atoms with Crippen LogP contribution < -0.4 is 0 Å². The Morgan fingerprint density at radius 1 is 0.681 bits per heavy atom. The molecular formula is C43H29IN2S. The predicted molar refractivity (Wildman–Crippen MR) is 212 cm³/mol. The van der Waals surface area contributed by atoms with E-state index in [2.05, 4.69) is 153 Å². The minimum absolute atomic E-state index is 0.979. The fourth-order valence-corrected chi connectivity index (χ4v) is 9.59. The van der Waals surface area contributed by atoms with Gasteiger partial charge < -0.3 is 0 Å². The molecule has 0 radical (unpaired) electrons. The Bertz CT molecular complexity index is 2700. The largest absolute Gasteiger partial charge is 0.294 e. The van der Waals surface area contributed by atoms with Crippen LogP contribution >= 0.6 is 33.9 Å². The highest BCUT2D eigenvalue weighted by molar-refractivity contribution is 14.1. The van der Waals surface area contributed by atoms with E-state index < -0.39 is 0 Å². The summed E-state index contributed by atoms with van der Waals surface area (Å²) in [7, 11) is 0. The van der Waals surface area contributed by atoms with E-state index in [0.29, 0.717) is 0 Å². The first-order chi connectivity index (χ1) is 23.3. The van der Waals surface area contributed by atoms with Crippen LogP contribution in [0.3, 0.4) is 0 Å². The monoisotopic (exact) mass is 732 g/mol. The van der Waals surface area contributed by atoms with Crippen LogP contribution in [0.2, 0.25) is 0 Å². The van der Waals surface area contributed by atoms with Crippen molar-refractivity contribution in [2.24, 2.45) is 0 Å². The third kappa shape index (κ3) is 4.17. The topological polar surface area (TPSA) is 17.8 Å². The molecule has 4 heteroatoms. The van der Waals surface area contributed by atoms with E-state index in [1.165, 1.54) is 91.7 Å². The van der Waals surface area contributed by atoms with Crippen LogP contribution in [0.1, 0.15) is 40.8 Å². The van der Waals surface area contributed by atoms with Crippen molar-refractivity contribution in [3.05, 3.63) is 135 Å². The fourth-order valence-electron chi connectivity index (χ4n) is 8.07. The molecule has 0 aliphatic heterocycles. The predicted octanol–water partition coefficient (Wildman–Crippen LogP) is 12.7. The van der Waals surface area contributed by atoms with Crippen molar-refractivity contribution in [3.8, 4) is 16.9 Å². The summed E-state index contributed by atoms with van der Waals surface area (Å²) in [5.41, 5.74) is 10.5. The van der Waals surface area contributed by atoms with Crippen molar-refractivity contribution in [2.45, 2.75) is 25.7 Å². The second kappa shape index (κ2) is 10.8. The highest BCUT2D eigenvalue weighted by Gasteiger charge is 2.21. The summed E-state index contributed by atoms with van der Waals surface area (Å²) < 4.78 is 7.01. The van der Waals surface area contributed by atoms with E-state index in [0.717, 1.165) is 31.5 Å². The van der Waals surface area contributed by atoms with E-state index >= 15 is 0 Å². The molecule has 0 amide bonds. The number of para-hydroxylation sites is 1. The molecule has 3 heterocycles. The Kier molecular flexibility index (Phi) is 6.31. The van der Waals surface area contributed by atoms with Crippen molar-refractivity contribution in [1.82, 2.24) is 9.55 Å². The molecule has 2 nitrogen and oxygen atoms in total. The fraction of sp³-hybridized carbons (Fsp3) is 0.0930. The number of allylic oxidation sites excluding steroid dienone is 2. The van der Waals surface area contributed by atoms with Gasteiger partial charge >= 0.3 is 0 Å². The van der Waals surface area contributed by atoms with Gasteiger partial charge in [0.1, 0.15) is 5.82 Å². The van der Waals surface area contributed by atoms with E-state index in [4.69, 9.17) is 4.98 Å². The molecule has 2 aliphatic rings. The van der Waals surface area contributed by atoms with Crippen LogP contribution in [-0.2, 0) is 12.8 Å². The lowest BCUT2D eigenvalue weighted by atomic mass is 9.85. The molecule has 2 aliphatic carbocycles. The first-order valence-corrected chi connectivity index (χ1v) is 18.4. The molecule has 0 fully saturated rings. The number of benzene rings is 5. The van der Waals surface area contributed by atoms with Crippen LogP contribution in [-0.4, -0.2) is 9.55 Å². The maximum absolute atomic E-state index is 5.07. The molecule has 224 valence electrons. The van der Waals surface area contributed by atoms with Crippen LogP contribution in [0.25, 0.3) is 87.8 Å². The Morgan fingerprint density at radius 3 is 2.36 bits per heavy atom. The highest BCUT2D eigenvalue weighted by atomic mass is 127. The molecular weight excluding hydrogens is 703 g/mol. The van der Waals surface area contributed by atoms with Gasteiger partial charge in [-0.3, -0.25) is 4.57 Å². The zero-order valence-corrected chi connectivity index (χ0v) is 28.6. The Labute approximate surface area is 290 Å². The number of halogens is 1. The van der Waals surface area contributed by atoms with E-state index in [9.17, 15) is 0 Å². The van der Waals surface area contributed by atoms with Gasteiger partial charge in [0.2, 0.25) is 0 Å². The number of aromatic nitrogens is 2. The van der Waals surface area contributed by atoms with Gasteiger partial charge in [0.05, 0.1) is 15.9 Å². The molecule has 10 rings (SSSR count). The lowest BCUT2D eigenvalue weighted by Crippen LogP contribution is -2.02. The highest BCUT2D eigenvalue weighted by Crippen LogP contribution is 2.43. The maximum Gasteiger partial charge on any atom is 0.138 e. The Hall–Kier alpha value is -4.52. The van der Waals surface area contributed by atoms with Crippen molar-refractivity contribution >= 4 is 105 Å². The molecule has 0 unspecified atom stereocenters. The second-order valence-electron chi connectivity index (χ2n) is 12.7. The second-order valence-corrected chi connectivity index (χ2v) is 14.4. The first-order valence-electron chi connectivity index (χ1n) is 16.3. The summed E-state index contributed by atoms with van der Waals surface area (Å²) in [5.74, 6) is 0.979. The summed E-state index contributed by atoms with van der Waals surface area (Å²) in [6.45, 7) is 0. The molecule has 3 aromatic heterocycles. The van der Waals surface area contributed by atoms with Gasteiger partial charge in [0, 0.05) is 27.1 Å². The van der Waals surface area contributed by atoms with E-state index in [-0.39, 0.29) is 0 Å². The average Bonchev–Trinajstić information content (AvgIpc) is 3.67. The van der Waals surface area contributed by atoms with Crippen LogP contribution in [0.5, 0.6) is 0 Å². The zero-order chi connectivity index (χ0) is 31.1. The van der Waals surface area contributed by atoms with Crippen molar-refractivity contribution in [2.75, 3.05) is 0 Å². The summed E-state index contributed by atoms with van der Waals surface area (Å²) >= 11 is 4.19. The molecule has 0 bridgehead atoms. The van der Waals surface area contributed by atoms with Crippen LogP contribution in [0, 0.1) is 0 Å². The number of nitrogens with zero attached hydrogens (tertiary/aromatic N) is 2. The van der Waals surface area contributed by atoms with Gasteiger partial charge in [0.15, 0.2) is 0 Å². The summed E-state index contributed by atoms with van der Waals surface area (Å²) in [6, 6.07) is 31.9. The van der Waals surface area contributed by atoms with E-state index in [1.807, 2.05) is 11.3 Å². The Balaban J connectivity index is 1.21. The molecule has 0 atom stereocenters. The van der Waals surface area contributed by atoms with Crippen LogP contribution in [0.4, 0.5) is 0 Å². The molecule has 0 N–H and O–H groups in total. The van der Waals surface area contributed by atoms with Crippen molar-refractivity contribution < 1.29 is 0 Å². The standard InChI is InChI=1S/C43H29IN2S/c44-20-19-27-21-28(26-17-18-33-31-11-2-1-9-29(31)30-10-3-4-12-32(30)36(33)22-26)23-38-37-24-42(45-25-41(37)47-43(27)38)46-39-15-7-5-13-34(39)35-14-6-8-16-40(35)46/h2-5,7-8,10-13,15-25H,1,6,9,14H2/b20-19-. The SMILES string of the molecule is I/C=C\c1cc(-c2ccc3c4c(c5ccccc5c3c2)CCC=C4)cc2c1sc1cnc(-n3c4c(c5ccccc53)CCC=C4)cc12. The maximum atomic E-state index is 5.07. The lowest BCUT2D eigenvalue weighted by molar-refractivity contribution is 0.954. The quantitative estimate of drug-likeness (QED) is 0.131. The summed E-state index contributed by atoms with van der Waals surface area (Å²) in [4.78, 5) is 5.07. The van der Waals surface area contributed by atoms with Crippen LogP contribution in [0.15, 0.2) is 107 Å². The first kappa shape index (κ1) is 27.6. The average molecular weight is 733 g/mol. The number of hydrogen-bond acceptors (Lipinski definition) is 2. The lowest BCUT2D eigenvalue weighted by Gasteiger charge is -2.18. The minimum Gasteiger partial charge on any atom is -0.294 e. The summed E-state index contributed by atoms with van der Waals surface area (Å²) in [5, 5.41) is 9.29. The van der Waals surface area contributed by atoms with Crippen molar-refractivity contribution in [3.63, 3.8) is 0 Å². The Morgan fingerprint density at radius 2 is 1.47 bits per heavy atom. The molecule has 5 aromatic carbocycles. The number of rotatable bonds is 3. The molecule has 0 saturated heterocycles. The number of thiophene rings is 1. The van der Waals surface area contributed by atoms with Gasteiger partial charge in [-0.15, -0.1) is 11.3 Å². The van der Waals surface area contributed by atoms with Gasteiger partial charge in [-0.1, -0.05) is 95.4 Å². The third-order valence-corrected chi connectivity index (χ3v) is 11.7. The third-order valence-electron chi connectivity index (χ3n) is 10.2. The molecule has 47 heavy (non-hydrogen) atoms. The molecule has 8 aromatic rings. The number of hydrogen-bond donors (Lipinski definition) is 0. The van der Waals surface area contributed by atoms with Gasteiger partial charge in [0.25, 0.3) is 0 Å². The summed E-state index contributed by atoms with van der Waals surface area (Å²) in [6.07, 6.45) is 17.9. The van der Waals surface area contributed by atoms with Gasteiger partial charge in [-0.05, 0) is 127 Å². The molecule has 0 spiro atoms. The number of pyridine rings is 1. The normalized spacial score (nSPS) is 14.3. The number of fused-ring (bicyclic) bond motifs is 12. The molecule has 0 saturated carbocycles. The number of aryl methyl sites for hydroxylation is 2. The van der Waals surface area contributed by atoms with Crippen molar-refractivity contribution in [1.29, 1.82) is 0 Å². The smallest absolute Gasteiger partial charge is 0.138 e. The van der Waals surface area contributed by atoms with Gasteiger partial charge in [-0.25, -0.2) is 4.98 Å². The van der Waals surface area contributed by atoms with E-state index in [1.54, 1.807) is 0 Å². The minimum atomic E-state index is 0.979.